The standard InChI is InChI=1S/C12H15NO2/c1-9(14)13-7-3-4-10-5-6-11(15-2)8-12(10)13/h5-6,8H,3-4,7H2,1-2H3. The number of hydrogen-bond donors (Lipinski definition) is 0. The lowest BCUT2D eigenvalue weighted by molar-refractivity contribution is -0.116. The van der Waals surface area contributed by atoms with Crippen LogP contribution in [0.25, 0.3) is 0 Å². The monoisotopic (exact) mass is 205 g/mol. The van der Waals surface area contributed by atoms with Crippen molar-refractivity contribution < 1.29 is 9.53 Å². The summed E-state index contributed by atoms with van der Waals surface area (Å²) in [6, 6.07) is 5.93. The van der Waals surface area contributed by atoms with Gasteiger partial charge in [0.05, 0.1) is 12.8 Å². The minimum absolute atomic E-state index is 0.101. The molecule has 0 bridgehead atoms. The Morgan fingerprint density at radius 1 is 1.47 bits per heavy atom. The second-order valence-corrected chi connectivity index (χ2v) is 3.77. The number of methoxy groups -OCH3 is 1. The van der Waals surface area contributed by atoms with Gasteiger partial charge in [0.25, 0.3) is 0 Å². The number of benzene rings is 1. The zero-order valence-corrected chi connectivity index (χ0v) is 9.12. The van der Waals surface area contributed by atoms with E-state index in [4.69, 9.17) is 4.74 Å². The van der Waals surface area contributed by atoms with Crippen LogP contribution in [0.2, 0.25) is 0 Å². The first-order valence-electron chi connectivity index (χ1n) is 5.17. The first-order valence-corrected chi connectivity index (χ1v) is 5.17. The fourth-order valence-corrected chi connectivity index (χ4v) is 2.01. The average molecular weight is 205 g/mol. The quantitative estimate of drug-likeness (QED) is 0.701. The Labute approximate surface area is 89.7 Å². The van der Waals surface area contributed by atoms with Crippen molar-refractivity contribution in [1.29, 1.82) is 0 Å². The maximum absolute atomic E-state index is 11.4. The Hall–Kier alpha value is -1.51. The summed E-state index contributed by atoms with van der Waals surface area (Å²) in [7, 11) is 1.64. The van der Waals surface area contributed by atoms with Gasteiger partial charge in [-0.3, -0.25) is 4.79 Å². The first-order chi connectivity index (χ1) is 7.22. The smallest absolute Gasteiger partial charge is 0.223 e. The number of fused-ring (bicyclic) bond motifs is 1. The molecule has 15 heavy (non-hydrogen) atoms. The van der Waals surface area contributed by atoms with Crippen LogP contribution < -0.4 is 9.64 Å². The Balaban J connectivity index is 2.43. The molecule has 80 valence electrons. The van der Waals surface area contributed by atoms with E-state index in [0.717, 1.165) is 30.8 Å². The van der Waals surface area contributed by atoms with Gasteiger partial charge in [-0.2, -0.15) is 0 Å². The fraction of sp³-hybridized carbons (Fsp3) is 0.417. The number of amides is 1. The van der Waals surface area contributed by atoms with E-state index in [-0.39, 0.29) is 5.91 Å². The molecule has 0 saturated heterocycles. The predicted octanol–water partition coefficient (Wildman–Crippen LogP) is 1.99. The second-order valence-electron chi connectivity index (χ2n) is 3.77. The van der Waals surface area contributed by atoms with Gasteiger partial charge in [0.2, 0.25) is 5.91 Å². The van der Waals surface area contributed by atoms with Crippen LogP contribution in [0.1, 0.15) is 18.9 Å². The van der Waals surface area contributed by atoms with Crippen molar-refractivity contribution in [2.24, 2.45) is 0 Å². The van der Waals surface area contributed by atoms with Crippen molar-refractivity contribution in [3.8, 4) is 5.75 Å². The number of rotatable bonds is 1. The van der Waals surface area contributed by atoms with Crippen LogP contribution in [0.5, 0.6) is 5.75 Å². The van der Waals surface area contributed by atoms with E-state index in [1.807, 2.05) is 23.1 Å². The van der Waals surface area contributed by atoms with Crippen molar-refractivity contribution in [2.75, 3.05) is 18.6 Å². The van der Waals surface area contributed by atoms with E-state index in [1.165, 1.54) is 5.56 Å². The normalized spacial score (nSPS) is 14.7. The molecule has 0 fully saturated rings. The average Bonchev–Trinajstić information content (AvgIpc) is 2.27. The fourth-order valence-electron chi connectivity index (χ4n) is 2.01. The third-order valence-electron chi connectivity index (χ3n) is 2.79. The minimum Gasteiger partial charge on any atom is -0.497 e. The van der Waals surface area contributed by atoms with Crippen molar-refractivity contribution in [3.05, 3.63) is 23.8 Å². The molecule has 0 aliphatic carbocycles. The zero-order chi connectivity index (χ0) is 10.8. The Morgan fingerprint density at radius 2 is 2.27 bits per heavy atom. The SMILES string of the molecule is COc1ccc2c(c1)N(C(C)=O)CCC2. The van der Waals surface area contributed by atoms with Gasteiger partial charge in [0.15, 0.2) is 0 Å². The van der Waals surface area contributed by atoms with E-state index in [9.17, 15) is 4.79 Å². The summed E-state index contributed by atoms with van der Waals surface area (Å²) in [5, 5.41) is 0. The maximum atomic E-state index is 11.4. The lowest BCUT2D eigenvalue weighted by Crippen LogP contribution is -2.33. The van der Waals surface area contributed by atoms with Gasteiger partial charge in [-0.1, -0.05) is 6.07 Å². The summed E-state index contributed by atoms with van der Waals surface area (Å²) in [5.41, 5.74) is 2.24. The Morgan fingerprint density at radius 3 is 2.93 bits per heavy atom. The predicted molar refractivity (Wildman–Crippen MR) is 59.3 cm³/mol. The highest BCUT2D eigenvalue weighted by Crippen LogP contribution is 2.30. The van der Waals surface area contributed by atoms with Crippen molar-refractivity contribution in [3.63, 3.8) is 0 Å². The molecule has 0 atom stereocenters. The van der Waals surface area contributed by atoms with E-state index in [2.05, 4.69) is 0 Å². The summed E-state index contributed by atoms with van der Waals surface area (Å²) in [6.07, 6.45) is 2.09. The highest BCUT2D eigenvalue weighted by molar-refractivity contribution is 5.93. The number of carbonyl (C=O) groups is 1. The largest absolute Gasteiger partial charge is 0.497 e. The molecule has 2 rings (SSSR count). The number of aryl methyl sites for hydroxylation is 1. The van der Waals surface area contributed by atoms with Gasteiger partial charge in [0.1, 0.15) is 5.75 Å². The lowest BCUT2D eigenvalue weighted by Gasteiger charge is -2.28. The number of anilines is 1. The maximum Gasteiger partial charge on any atom is 0.223 e. The third kappa shape index (κ3) is 1.82. The van der Waals surface area contributed by atoms with E-state index in [1.54, 1.807) is 14.0 Å². The highest BCUT2D eigenvalue weighted by Gasteiger charge is 2.20. The molecule has 3 heteroatoms. The molecular weight excluding hydrogens is 190 g/mol. The number of nitrogens with zero attached hydrogens (tertiary/aromatic N) is 1. The molecule has 0 saturated carbocycles. The molecular formula is C12H15NO2. The van der Waals surface area contributed by atoms with E-state index in [0.29, 0.717) is 0 Å². The molecule has 1 aromatic rings. The van der Waals surface area contributed by atoms with Crippen molar-refractivity contribution in [1.82, 2.24) is 0 Å². The molecule has 0 aromatic heterocycles. The molecule has 1 aliphatic heterocycles. The van der Waals surface area contributed by atoms with E-state index >= 15 is 0 Å². The van der Waals surface area contributed by atoms with Gasteiger partial charge in [-0.05, 0) is 24.5 Å². The molecule has 0 N–H and O–H groups in total. The number of hydrogen-bond acceptors (Lipinski definition) is 2. The summed E-state index contributed by atoms with van der Waals surface area (Å²) in [4.78, 5) is 13.3. The number of ether oxygens (including phenoxy) is 1. The zero-order valence-electron chi connectivity index (χ0n) is 9.12. The molecule has 0 radical (unpaired) electrons. The molecule has 0 unspecified atom stereocenters. The van der Waals surface area contributed by atoms with Gasteiger partial charge < -0.3 is 9.64 Å². The Bertz CT molecular complexity index is 387. The lowest BCUT2D eigenvalue weighted by atomic mass is 10.0. The van der Waals surface area contributed by atoms with Crippen LogP contribution in [0.15, 0.2) is 18.2 Å². The van der Waals surface area contributed by atoms with Crippen LogP contribution in [0.4, 0.5) is 5.69 Å². The van der Waals surface area contributed by atoms with Crippen LogP contribution in [0.3, 0.4) is 0 Å². The topological polar surface area (TPSA) is 29.5 Å². The van der Waals surface area contributed by atoms with Gasteiger partial charge >= 0.3 is 0 Å². The van der Waals surface area contributed by atoms with Crippen LogP contribution in [0, 0.1) is 0 Å². The molecule has 0 spiro atoms. The summed E-state index contributed by atoms with van der Waals surface area (Å²) < 4.78 is 5.17. The highest BCUT2D eigenvalue weighted by atomic mass is 16.5. The third-order valence-corrected chi connectivity index (χ3v) is 2.79. The van der Waals surface area contributed by atoms with Crippen LogP contribution >= 0.6 is 0 Å². The van der Waals surface area contributed by atoms with Crippen LogP contribution in [-0.4, -0.2) is 19.6 Å². The van der Waals surface area contributed by atoms with Crippen LogP contribution in [-0.2, 0) is 11.2 Å². The molecule has 1 heterocycles. The Kier molecular flexibility index (Phi) is 2.62. The van der Waals surface area contributed by atoms with Gasteiger partial charge in [-0.15, -0.1) is 0 Å². The van der Waals surface area contributed by atoms with Gasteiger partial charge in [0, 0.05) is 19.5 Å². The molecule has 1 amide bonds. The second kappa shape index (κ2) is 3.93. The molecule has 3 nitrogen and oxygen atoms in total. The summed E-state index contributed by atoms with van der Waals surface area (Å²) in [5.74, 6) is 0.908. The van der Waals surface area contributed by atoms with Crippen molar-refractivity contribution >= 4 is 11.6 Å². The van der Waals surface area contributed by atoms with Crippen molar-refractivity contribution in [2.45, 2.75) is 19.8 Å². The van der Waals surface area contributed by atoms with E-state index < -0.39 is 0 Å². The number of carbonyl (C=O) groups excluding carboxylic acids is 1. The molecule has 1 aromatic carbocycles. The molecule has 1 aliphatic rings. The minimum atomic E-state index is 0.101. The van der Waals surface area contributed by atoms with Gasteiger partial charge in [-0.25, -0.2) is 0 Å². The summed E-state index contributed by atoms with van der Waals surface area (Å²) in [6.45, 7) is 2.42. The summed E-state index contributed by atoms with van der Waals surface area (Å²) >= 11 is 0. The first kappa shape index (κ1) is 10.0.